The van der Waals surface area contributed by atoms with Crippen LogP contribution in [-0.2, 0) is 4.79 Å². The van der Waals surface area contributed by atoms with E-state index in [1.54, 1.807) is 48.5 Å². The summed E-state index contributed by atoms with van der Waals surface area (Å²) in [5, 5.41) is 2.45. The minimum absolute atomic E-state index is 0.0356. The number of carbonyl (C=O) groups excluding carboxylic acids is 2. The van der Waals surface area contributed by atoms with Crippen LogP contribution < -0.4 is 25.6 Å². The Bertz CT molecular complexity index is 812. The summed E-state index contributed by atoms with van der Waals surface area (Å²) < 4.78 is 10.9. The highest BCUT2D eigenvalue weighted by Crippen LogP contribution is 2.14. The van der Waals surface area contributed by atoms with E-state index in [4.69, 9.17) is 21.7 Å². The summed E-state index contributed by atoms with van der Waals surface area (Å²) in [6, 6.07) is 15.7. The van der Waals surface area contributed by atoms with E-state index in [0.717, 1.165) is 0 Å². The third kappa shape index (κ3) is 7.63. The summed E-state index contributed by atoms with van der Waals surface area (Å²) >= 11 is 5.01. The molecule has 0 aliphatic carbocycles. The van der Waals surface area contributed by atoms with Crippen molar-refractivity contribution in [1.29, 1.82) is 0 Å². The van der Waals surface area contributed by atoms with Crippen LogP contribution in [0, 0.1) is 5.92 Å². The fourth-order valence-electron chi connectivity index (χ4n) is 2.02. The van der Waals surface area contributed by atoms with Gasteiger partial charge in [0, 0.05) is 5.56 Å². The molecule has 0 radical (unpaired) electrons. The van der Waals surface area contributed by atoms with Crippen molar-refractivity contribution in [3.8, 4) is 11.5 Å². The Hall–Kier alpha value is -3.13. The molecule has 0 fully saturated rings. The number of hydrogen-bond acceptors (Lipinski definition) is 5. The molecule has 3 N–H and O–H groups in total. The number of ether oxygens (including phenoxy) is 2. The maximum atomic E-state index is 12.3. The Morgan fingerprint density at radius 2 is 1.68 bits per heavy atom. The Morgan fingerprint density at radius 1 is 0.964 bits per heavy atom. The van der Waals surface area contributed by atoms with E-state index in [-0.39, 0.29) is 11.7 Å². The lowest BCUT2D eigenvalue weighted by Crippen LogP contribution is -2.49. The van der Waals surface area contributed by atoms with Crippen LogP contribution >= 0.6 is 12.2 Å². The highest BCUT2D eigenvalue weighted by Gasteiger charge is 2.10. The lowest BCUT2D eigenvalue weighted by molar-refractivity contribution is -0.123. The van der Waals surface area contributed by atoms with Gasteiger partial charge in [0.1, 0.15) is 11.5 Å². The Balaban J connectivity index is 1.75. The average Bonchev–Trinajstić information content (AvgIpc) is 2.70. The van der Waals surface area contributed by atoms with Gasteiger partial charge in [0.2, 0.25) is 0 Å². The van der Waals surface area contributed by atoms with Crippen LogP contribution in [0.15, 0.2) is 54.6 Å². The van der Waals surface area contributed by atoms with Crippen molar-refractivity contribution in [2.45, 2.75) is 13.8 Å². The molecule has 2 amide bonds. The SMILES string of the molecule is CC(C)COc1cccc(C(=O)NC(=S)NNC(=O)COc2ccccc2)c1. The molecule has 0 spiro atoms. The van der Waals surface area contributed by atoms with Gasteiger partial charge < -0.3 is 9.47 Å². The van der Waals surface area contributed by atoms with Crippen LogP contribution in [0.25, 0.3) is 0 Å². The van der Waals surface area contributed by atoms with Crippen LogP contribution in [0.2, 0.25) is 0 Å². The fraction of sp³-hybridized carbons (Fsp3) is 0.250. The molecule has 28 heavy (non-hydrogen) atoms. The minimum atomic E-state index is -0.440. The van der Waals surface area contributed by atoms with Crippen molar-refractivity contribution in [3.05, 3.63) is 60.2 Å². The smallest absolute Gasteiger partial charge is 0.276 e. The first-order chi connectivity index (χ1) is 13.4. The van der Waals surface area contributed by atoms with Gasteiger partial charge in [-0.1, -0.05) is 38.1 Å². The second-order valence-electron chi connectivity index (χ2n) is 6.29. The van der Waals surface area contributed by atoms with Crippen molar-refractivity contribution in [1.82, 2.24) is 16.2 Å². The summed E-state index contributed by atoms with van der Waals surface area (Å²) in [5.74, 6) is 0.704. The predicted octanol–water partition coefficient (Wildman–Crippen LogP) is 2.44. The number of hydrogen-bond donors (Lipinski definition) is 3. The number of carbonyl (C=O) groups is 2. The van der Waals surface area contributed by atoms with Gasteiger partial charge >= 0.3 is 0 Å². The summed E-state index contributed by atoms with van der Waals surface area (Å²) in [5.41, 5.74) is 5.21. The molecule has 0 unspecified atom stereocenters. The van der Waals surface area contributed by atoms with Crippen LogP contribution in [0.1, 0.15) is 24.2 Å². The molecule has 0 bridgehead atoms. The first-order valence-corrected chi connectivity index (χ1v) is 9.15. The first kappa shape index (κ1) is 21.2. The van der Waals surface area contributed by atoms with Crippen LogP contribution in [-0.4, -0.2) is 30.1 Å². The van der Waals surface area contributed by atoms with Gasteiger partial charge in [-0.05, 0) is 48.5 Å². The molecule has 0 saturated carbocycles. The number of benzene rings is 2. The fourth-order valence-corrected chi connectivity index (χ4v) is 2.17. The molecule has 0 aliphatic heterocycles. The maximum Gasteiger partial charge on any atom is 0.276 e. The van der Waals surface area contributed by atoms with E-state index in [9.17, 15) is 9.59 Å². The van der Waals surface area contributed by atoms with Crippen LogP contribution in [0.4, 0.5) is 0 Å². The van der Waals surface area contributed by atoms with Crippen molar-refractivity contribution in [3.63, 3.8) is 0 Å². The monoisotopic (exact) mass is 401 g/mol. The molecule has 2 aromatic rings. The summed E-state index contributed by atoms with van der Waals surface area (Å²) in [6.07, 6.45) is 0. The summed E-state index contributed by atoms with van der Waals surface area (Å²) in [7, 11) is 0. The van der Waals surface area contributed by atoms with Crippen LogP contribution in [0.3, 0.4) is 0 Å². The number of amides is 2. The lowest BCUT2D eigenvalue weighted by atomic mass is 10.2. The standard InChI is InChI=1S/C20H23N3O4S/c1-14(2)12-26-17-10-6-7-15(11-17)19(25)21-20(28)23-22-18(24)13-27-16-8-4-3-5-9-16/h3-11,14H,12-13H2,1-2H3,(H,22,24)(H2,21,23,25,28). The van der Waals surface area contributed by atoms with Gasteiger partial charge in [0.15, 0.2) is 11.7 Å². The zero-order chi connectivity index (χ0) is 20.4. The van der Waals surface area contributed by atoms with Gasteiger partial charge in [0.25, 0.3) is 11.8 Å². The van der Waals surface area contributed by atoms with E-state index in [1.165, 1.54) is 0 Å². The molecule has 0 atom stereocenters. The number of para-hydroxylation sites is 1. The number of thiocarbonyl (C=S) groups is 1. The summed E-state index contributed by atoms with van der Waals surface area (Å²) in [6.45, 7) is 4.45. The third-order valence-electron chi connectivity index (χ3n) is 3.34. The van der Waals surface area contributed by atoms with E-state index < -0.39 is 11.8 Å². The van der Waals surface area contributed by atoms with Crippen LogP contribution in [0.5, 0.6) is 11.5 Å². The zero-order valence-electron chi connectivity index (χ0n) is 15.7. The number of hydrazine groups is 1. The second-order valence-corrected chi connectivity index (χ2v) is 6.70. The topological polar surface area (TPSA) is 88.7 Å². The molecular formula is C20H23N3O4S. The lowest BCUT2D eigenvalue weighted by Gasteiger charge is -2.12. The average molecular weight is 401 g/mol. The molecular weight excluding hydrogens is 378 g/mol. The van der Waals surface area contributed by atoms with E-state index in [0.29, 0.717) is 29.6 Å². The Morgan fingerprint density at radius 3 is 2.39 bits per heavy atom. The molecule has 2 aromatic carbocycles. The van der Waals surface area contributed by atoms with Gasteiger partial charge in [-0.3, -0.25) is 25.8 Å². The molecule has 2 rings (SSSR count). The van der Waals surface area contributed by atoms with Gasteiger partial charge in [0.05, 0.1) is 6.61 Å². The van der Waals surface area contributed by atoms with Gasteiger partial charge in [-0.25, -0.2) is 0 Å². The molecule has 0 aliphatic rings. The molecule has 8 heteroatoms. The zero-order valence-corrected chi connectivity index (χ0v) is 16.5. The molecule has 0 aromatic heterocycles. The highest BCUT2D eigenvalue weighted by atomic mass is 32.1. The predicted molar refractivity (Wildman–Crippen MR) is 110 cm³/mol. The Labute approximate surface area is 169 Å². The van der Waals surface area contributed by atoms with E-state index >= 15 is 0 Å². The molecule has 0 saturated heterocycles. The van der Waals surface area contributed by atoms with Crippen molar-refractivity contribution < 1.29 is 19.1 Å². The van der Waals surface area contributed by atoms with E-state index in [2.05, 4.69) is 16.2 Å². The second kappa shape index (κ2) is 10.9. The largest absolute Gasteiger partial charge is 0.493 e. The third-order valence-corrected chi connectivity index (χ3v) is 3.54. The number of rotatable bonds is 7. The molecule has 148 valence electrons. The Kier molecular flexibility index (Phi) is 8.23. The normalized spacial score (nSPS) is 10.1. The van der Waals surface area contributed by atoms with E-state index in [1.807, 2.05) is 19.9 Å². The van der Waals surface area contributed by atoms with Crippen molar-refractivity contribution in [2.24, 2.45) is 5.92 Å². The maximum absolute atomic E-state index is 12.3. The number of nitrogens with one attached hydrogen (secondary N) is 3. The molecule has 0 heterocycles. The van der Waals surface area contributed by atoms with Crippen molar-refractivity contribution in [2.75, 3.05) is 13.2 Å². The quantitative estimate of drug-likeness (QED) is 0.488. The first-order valence-electron chi connectivity index (χ1n) is 8.75. The van der Waals surface area contributed by atoms with Gasteiger partial charge in [-0.2, -0.15) is 0 Å². The summed E-state index contributed by atoms with van der Waals surface area (Å²) in [4.78, 5) is 24.0. The highest BCUT2D eigenvalue weighted by molar-refractivity contribution is 7.80. The van der Waals surface area contributed by atoms with Gasteiger partial charge in [-0.15, -0.1) is 0 Å². The van der Waals surface area contributed by atoms with Crippen molar-refractivity contribution >= 4 is 29.1 Å². The minimum Gasteiger partial charge on any atom is -0.493 e. The molecule has 7 nitrogen and oxygen atoms in total.